The first kappa shape index (κ1) is 13.3. The molecule has 1 atom stereocenters. The van der Waals surface area contributed by atoms with Gasteiger partial charge in [0.25, 0.3) is 0 Å². The van der Waals surface area contributed by atoms with Crippen molar-refractivity contribution in [1.82, 2.24) is 5.32 Å². The molecule has 1 N–H and O–H groups in total. The Bertz CT molecular complexity index is 621. The smallest absolute Gasteiger partial charge is 0.156 e. The molecular formula is C18H21NO. The van der Waals surface area contributed by atoms with Crippen LogP contribution in [-0.2, 0) is 11.2 Å². The summed E-state index contributed by atoms with van der Waals surface area (Å²) in [4.78, 5) is 12.7. The number of rotatable bonds is 3. The minimum Gasteiger partial charge on any atom is -0.305 e. The lowest BCUT2D eigenvalue weighted by atomic mass is 9.83. The minimum atomic E-state index is -0.338. The maximum atomic E-state index is 12.7. The first-order valence-electron chi connectivity index (χ1n) is 7.44. The second-order valence-electron chi connectivity index (χ2n) is 5.95. The fraction of sp³-hybridized carbons (Fsp3) is 0.389. The summed E-state index contributed by atoms with van der Waals surface area (Å²) in [7, 11) is 0. The highest BCUT2D eigenvalue weighted by Gasteiger charge is 2.33. The van der Waals surface area contributed by atoms with E-state index in [0.717, 1.165) is 24.9 Å². The number of carbonyl (C=O) groups excluding carboxylic acids is 1. The molecule has 2 aromatic carbocycles. The van der Waals surface area contributed by atoms with Crippen LogP contribution in [0.5, 0.6) is 0 Å². The van der Waals surface area contributed by atoms with Crippen molar-refractivity contribution in [3.63, 3.8) is 0 Å². The highest BCUT2D eigenvalue weighted by Crippen LogP contribution is 2.24. The largest absolute Gasteiger partial charge is 0.305 e. The van der Waals surface area contributed by atoms with Crippen LogP contribution in [0, 0.1) is 0 Å². The van der Waals surface area contributed by atoms with E-state index in [1.165, 1.54) is 17.2 Å². The highest BCUT2D eigenvalue weighted by atomic mass is 16.1. The number of ketones is 1. The molecule has 0 radical (unpaired) electrons. The van der Waals surface area contributed by atoms with Crippen LogP contribution in [0.15, 0.2) is 42.5 Å². The van der Waals surface area contributed by atoms with Gasteiger partial charge in [0.2, 0.25) is 0 Å². The van der Waals surface area contributed by atoms with Gasteiger partial charge in [0.15, 0.2) is 5.78 Å². The molecule has 2 aromatic rings. The van der Waals surface area contributed by atoms with Gasteiger partial charge in [-0.3, -0.25) is 4.79 Å². The van der Waals surface area contributed by atoms with Crippen LogP contribution in [-0.4, -0.2) is 17.9 Å². The van der Waals surface area contributed by atoms with Gasteiger partial charge < -0.3 is 5.32 Å². The Hall–Kier alpha value is -1.67. The number of benzene rings is 2. The molecule has 0 amide bonds. The summed E-state index contributed by atoms with van der Waals surface area (Å²) in [5, 5.41) is 5.82. The molecule has 0 saturated carbocycles. The molecule has 1 aliphatic heterocycles. The van der Waals surface area contributed by atoms with E-state index in [4.69, 9.17) is 0 Å². The number of carbonyl (C=O) groups is 1. The zero-order valence-corrected chi connectivity index (χ0v) is 12.0. The van der Waals surface area contributed by atoms with Gasteiger partial charge in [-0.25, -0.2) is 0 Å². The van der Waals surface area contributed by atoms with Gasteiger partial charge in [0.1, 0.15) is 0 Å². The first-order valence-corrected chi connectivity index (χ1v) is 7.44. The first-order chi connectivity index (χ1) is 9.69. The predicted molar refractivity (Wildman–Crippen MR) is 82.9 cm³/mol. The normalized spacial score (nSPS) is 22.9. The summed E-state index contributed by atoms with van der Waals surface area (Å²) >= 11 is 0. The maximum absolute atomic E-state index is 12.7. The third-order valence-electron chi connectivity index (χ3n) is 4.47. The van der Waals surface area contributed by atoms with E-state index in [-0.39, 0.29) is 5.54 Å². The molecule has 1 saturated heterocycles. The van der Waals surface area contributed by atoms with Gasteiger partial charge in [-0.2, -0.15) is 0 Å². The van der Waals surface area contributed by atoms with Crippen LogP contribution in [0.25, 0.3) is 10.8 Å². The molecule has 0 aromatic heterocycles. The van der Waals surface area contributed by atoms with Crippen molar-refractivity contribution in [3.8, 4) is 0 Å². The molecule has 1 unspecified atom stereocenters. The molecule has 2 nitrogen and oxygen atoms in total. The fourth-order valence-corrected chi connectivity index (χ4v) is 3.11. The summed E-state index contributed by atoms with van der Waals surface area (Å²) in [6, 6.07) is 14.5. The Labute approximate surface area is 120 Å². The van der Waals surface area contributed by atoms with Crippen molar-refractivity contribution in [2.45, 2.75) is 38.1 Å². The van der Waals surface area contributed by atoms with E-state index >= 15 is 0 Å². The molecule has 0 bridgehead atoms. The molecule has 1 fully saturated rings. The molecular weight excluding hydrogens is 246 g/mol. The third-order valence-corrected chi connectivity index (χ3v) is 4.47. The lowest BCUT2D eigenvalue weighted by molar-refractivity contribution is -0.125. The van der Waals surface area contributed by atoms with Gasteiger partial charge in [-0.15, -0.1) is 0 Å². The number of nitrogens with one attached hydrogen (secondary N) is 1. The number of hydrogen-bond donors (Lipinski definition) is 1. The van der Waals surface area contributed by atoms with E-state index in [1.54, 1.807) is 0 Å². The number of piperidine rings is 1. The molecule has 104 valence electrons. The molecule has 1 aliphatic rings. The van der Waals surface area contributed by atoms with Crippen LogP contribution < -0.4 is 5.32 Å². The van der Waals surface area contributed by atoms with Crippen LogP contribution >= 0.6 is 0 Å². The Morgan fingerprint density at radius 3 is 2.75 bits per heavy atom. The monoisotopic (exact) mass is 267 g/mol. The van der Waals surface area contributed by atoms with Gasteiger partial charge in [-0.05, 0) is 49.1 Å². The summed E-state index contributed by atoms with van der Waals surface area (Å²) in [6.07, 6.45) is 3.80. The number of hydrogen-bond acceptors (Lipinski definition) is 2. The lowest BCUT2D eigenvalue weighted by Crippen LogP contribution is -2.52. The van der Waals surface area contributed by atoms with Crippen LogP contribution in [0.4, 0.5) is 0 Å². The summed E-state index contributed by atoms with van der Waals surface area (Å²) in [5.74, 6) is 0.313. The van der Waals surface area contributed by atoms with Gasteiger partial charge >= 0.3 is 0 Å². The van der Waals surface area contributed by atoms with Crippen LogP contribution in [0.1, 0.15) is 31.7 Å². The van der Waals surface area contributed by atoms with Crippen LogP contribution in [0.3, 0.4) is 0 Å². The molecule has 0 aliphatic carbocycles. The summed E-state index contributed by atoms with van der Waals surface area (Å²) in [5.41, 5.74) is 0.802. The number of fused-ring (bicyclic) bond motifs is 1. The van der Waals surface area contributed by atoms with E-state index in [2.05, 4.69) is 36.5 Å². The summed E-state index contributed by atoms with van der Waals surface area (Å²) < 4.78 is 0. The van der Waals surface area contributed by atoms with Crippen molar-refractivity contribution in [1.29, 1.82) is 0 Å². The quantitative estimate of drug-likeness (QED) is 0.922. The molecule has 3 rings (SSSR count). The predicted octanol–water partition coefficient (Wildman–Crippen LogP) is 3.48. The SMILES string of the molecule is CC1(C(=O)Cc2cccc3ccccc23)CCCCN1. The molecule has 0 spiro atoms. The fourth-order valence-electron chi connectivity index (χ4n) is 3.11. The van der Waals surface area contributed by atoms with Crippen molar-refractivity contribution in [3.05, 3.63) is 48.0 Å². The van der Waals surface area contributed by atoms with E-state index in [1.807, 2.05) is 18.2 Å². The Balaban J connectivity index is 1.87. The zero-order chi connectivity index (χ0) is 14.0. The van der Waals surface area contributed by atoms with Crippen LogP contribution in [0.2, 0.25) is 0 Å². The Morgan fingerprint density at radius 2 is 1.95 bits per heavy atom. The van der Waals surface area contributed by atoms with E-state index in [9.17, 15) is 4.79 Å². The average molecular weight is 267 g/mol. The zero-order valence-electron chi connectivity index (χ0n) is 12.0. The van der Waals surface area contributed by atoms with Gasteiger partial charge in [-0.1, -0.05) is 42.5 Å². The van der Waals surface area contributed by atoms with Gasteiger partial charge in [0.05, 0.1) is 5.54 Å². The lowest BCUT2D eigenvalue weighted by Gasteiger charge is -2.33. The minimum absolute atomic E-state index is 0.313. The van der Waals surface area contributed by atoms with E-state index < -0.39 is 0 Å². The second-order valence-corrected chi connectivity index (χ2v) is 5.95. The van der Waals surface area contributed by atoms with Crippen molar-refractivity contribution in [2.75, 3.05) is 6.54 Å². The van der Waals surface area contributed by atoms with Crippen molar-refractivity contribution < 1.29 is 4.79 Å². The third kappa shape index (κ3) is 2.48. The molecule has 1 heterocycles. The number of Topliss-reactive ketones (excluding diaryl/α,β-unsaturated/α-hetero) is 1. The topological polar surface area (TPSA) is 29.1 Å². The van der Waals surface area contributed by atoms with Gasteiger partial charge in [0, 0.05) is 6.42 Å². The molecule has 20 heavy (non-hydrogen) atoms. The average Bonchev–Trinajstić information content (AvgIpc) is 2.48. The molecule has 2 heteroatoms. The Morgan fingerprint density at radius 1 is 1.15 bits per heavy atom. The highest BCUT2D eigenvalue weighted by molar-refractivity contribution is 5.94. The van der Waals surface area contributed by atoms with Crippen molar-refractivity contribution in [2.24, 2.45) is 0 Å². The Kier molecular flexibility index (Phi) is 3.58. The van der Waals surface area contributed by atoms with E-state index in [0.29, 0.717) is 12.2 Å². The van der Waals surface area contributed by atoms with Crippen molar-refractivity contribution >= 4 is 16.6 Å². The summed E-state index contributed by atoms with van der Waals surface area (Å²) in [6.45, 7) is 3.01. The maximum Gasteiger partial charge on any atom is 0.156 e. The standard InChI is InChI=1S/C18H21NO/c1-18(11-4-5-12-19-18)17(20)13-15-9-6-8-14-7-2-3-10-16(14)15/h2-3,6-10,19H,4-5,11-13H2,1H3. The second kappa shape index (κ2) is 5.37.